The Balaban J connectivity index is 2.79. The second kappa shape index (κ2) is 16.6. The molecule has 2 heteroatoms. The standard InChI is InChI=1S/C33H53NO/c1-9-12-13-14-15-16-17-18-20-25-33(35-8,32(5,6)7)26-21-19-24-30-28(4)27-31(34-30)29(22-10-2)23-11-3/h10-11,19,21-24,26-27,34H,2,9,12-18,20,25H2,1,3-8H3/b23-11-,24-19-,26-21+,29-22+. The molecule has 1 atom stereocenters. The summed E-state index contributed by atoms with van der Waals surface area (Å²) < 4.78 is 6.19. The van der Waals surface area contributed by atoms with E-state index < -0.39 is 0 Å². The molecule has 0 fully saturated rings. The lowest BCUT2D eigenvalue weighted by Gasteiger charge is -2.42. The summed E-state index contributed by atoms with van der Waals surface area (Å²) >= 11 is 0. The van der Waals surface area contributed by atoms with E-state index in [9.17, 15) is 0 Å². The lowest BCUT2D eigenvalue weighted by atomic mass is 9.73. The molecule has 0 saturated carbocycles. The van der Waals surface area contributed by atoms with Crippen molar-refractivity contribution >= 4 is 11.6 Å². The summed E-state index contributed by atoms with van der Waals surface area (Å²) in [7, 11) is 1.86. The van der Waals surface area contributed by atoms with Crippen molar-refractivity contribution in [2.24, 2.45) is 5.41 Å². The Morgan fingerprint density at radius 2 is 1.63 bits per heavy atom. The highest BCUT2D eigenvalue weighted by Gasteiger charge is 2.39. The van der Waals surface area contributed by atoms with Gasteiger partial charge >= 0.3 is 0 Å². The number of ether oxygens (including phenoxy) is 1. The molecule has 1 unspecified atom stereocenters. The largest absolute Gasteiger partial charge is 0.374 e. The Bertz CT molecular complexity index is 843. The Labute approximate surface area is 217 Å². The first-order valence-electron chi connectivity index (χ1n) is 13.8. The van der Waals surface area contributed by atoms with Gasteiger partial charge in [0.05, 0.1) is 5.60 Å². The summed E-state index contributed by atoms with van der Waals surface area (Å²) in [6, 6.07) is 2.19. The van der Waals surface area contributed by atoms with Crippen LogP contribution in [0.25, 0.3) is 11.6 Å². The highest BCUT2D eigenvalue weighted by Crippen LogP contribution is 2.39. The van der Waals surface area contributed by atoms with E-state index in [1.807, 2.05) is 32.3 Å². The van der Waals surface area contributed by atoms with E-state index in [2.05, 4.69) is 82.6 Å². The number of unbranched alkanes of at least 4 members (excludes halogenated alkanes) is 8. The maximum absolute atomic E-state index is 6.19. The van der Waals surface area contributed by atoms with E-state index >= 15 is 0 Å². The van der Waals surface area contributed by atoms with E-state index in [1.165, 1.54) is 63.4 Å². The number of nitrogens with one attached hydrogen (secondary N) is 1. The summed E-state index contributed by atoms with van der Waals surface area (Å²) in [5, 5.41) is 0. The van der Waals surface area contributed by atoms with Crippen LogP contribution in [0.2, 0.25) is 0 Å². The average molecular weight is 480 g/mol. The zero-order valence-electron chi connectivity index (χ0n) is 23.9. The molecule has 0 spiro atoms. The van der Waals surface area contributed by atoms with E-state index in [0.29, 0.717) is 0 Å². The van der Waals surface area contributed by atoms with E-state index in [0.717, 1.165) is 23.4 Å². The van der Waals surface area contributed by atoms with E-state index in [1.54, 1.807) is 0 Å². The fourth-order valence-corrected chi connectivity index (χ4v) is 4.69. The number of aromatic nitrogens is 1. The molecule has 0 aliphatic heterocycles. The van der Waals surface area contributed by atoms with Crippen LogP contribution in [0.3, 0.4) is 0 Å². The fraction of sp³-hybridized carbons (Fsp3) is 0.576. The van der Waals surface area contributed by atoms with Gasteiger partial charge in [-0.05, 0) is 49.0 Å². The summed E-state index contributed by atoms with van der Waals surface area (Å²) in [4.78, 5) is 3.54. The van der Waals surface area contributed by atoms with Gasteiger partial charge in [-0.25, -0.2) is 0 Å². The van der Waals surface area contributed by atoms with Gasteiger partial charge in [0, 0.05) is 18.5 Å². The first-order chi connectivity index (χ1) is 16.7. The molecule has 1 N–H and O–H groups in total. The highest BCUT2D eigenvalue weighted by molar-refractivity contribution is 5.75. The van der Waals surface area contributed by atoms with Crippen LogP contribution in [-0.4, -0.2) is 17.7 Å². The van der Waals surface area contributed by atoms with Crippen LogP contribution in [0.4, 0.5) is 0 Å². The van der Waals surface area contributed by atoms with Gasteiger partial charge in [-0.15, -0.1) is 0 Å². The Morgan fingerprint density at radius 1 is 1.00 bits per heavy atom. The molecule has 1 aromatic rings. The SMILES string of the molecule is C=C/C=C(\C=C/C)c1cc(C)c(/C=C\C=C\C(CCCCCCCCCCC)(OC)C(C)(C)C)[nH]1. The van der Waals surface area contributed by atoms with Crippen molar-refractivity contribution in [3.8, 4) is 0 Å². The molecule has 0 radical (unpaired) electrons. The van der Waals surface area contributed by atoms with Gasteiger partial charge in [-0.1, -0.05) is 135 Å². The second-order valence-corrected chi connectivity index (χ2v) is 10.8. The number of H-pyrrole nitrogens is 1. The first kappa shape index (κ1) is 31.0. The third kappa shape index (κ3) is 10.6. The van der Waals surface area contributed by atoms with Crippen molar-refractivity contribution in [1.29, 1.82) is 0 Å². The van der Waals surface area contributed by atoms with Crippen LogP contribution in [-0.2, 0) is 4.74 Å². The number of methoxy groups -OCH3 is 1. The van der Waals surface area contributed by atoms with Crippen LogP contribution in [0.5, 0.6) is 0 Å². The van der Waals surface area contributed by atoms with Gasteiger partial charge in [0.15, 0.2) is 0 Å². The number of rotatable bonds is 17. The topological polar surface area (TPSA) is 25.0 Å². The van der Waals surface area contributed by atoms with E-state index in [-0.39, 0.29) is 11.0 Å². The van der Waals surface area contributed by atoms with Crippen molar-refractivity contribution in [3.05, 3.63) is 72.1 Å². The molecule has 0 aromatic carbocycles. The predicted octanol–water partition coefficient (Wildman–Crippen LogP) is 10.4. The minimum atomic E-state index is -0.264. The lowest BCUT2D eigenvalue weighted by molar-refractivity contribution is -0.0599. The quantitative estimate of drug-likeness (QED) is 0.174. The molecule has 0 aliphatic carbocycles. The van der Waals surface area contributed by atoms with Crippen molar-refractivity contribution in [2.45, 2.75) is 111 Å². The molecule has 0 amide bonds. The molecule has 2 nitrogen and oxygen atoms in total. The Kier molecular flexibility index (Phi) is 14.7. The predicted molar refractivity (Wildman–Crippen MR) is 158 cm³/mol. The zero-order chi connectivity index (χ0) is 26.2. The monoisotopic (exact) mass is 479 g/mol. The molecule has 1 rings (SSSR count). The second-order valence-electron chi connectivity index (χ2n) is 10.8. The van der Waals surface area contributed by atoms with Crippen molar-refractivity contribution in [2.75, 3.05) is 7.11 Å². The lowest BCUT2D eigenvalue weighted by Crippen LogP contribution is -2.43. The summed E-state index contributed by atoms with van der Waals surface area (Å²) in [6.45, 7) is 17.2. The van der Waals surface area contributed by atoms with Gasteiger partial charge in [0.2, 0.25) is 0 Å². The third-order valence-corrected chi connectivity index (χ3v) is 7.03. The van der Waals surface area contributed by atoms with Crippen molar-refractivity contribution < 1.29 is 4.74 Å². The molecule has 1 aromatic heterocycles. The Hall–Kier alpha value is -2.06. The van der Waals surface area contributed by atoms with Gasteiger partial charge in [-0.2, -0.15) is 0 Å². The number of hydrogen-bond donors (Lipinski definition) is 1. The molecular formula is C33H53NO. The van der Waals surface area contributed by atoms with Gasteiger partial charge in [0.1, 0.15) is 0 Å². The summed E-state index contributed by atoms with van der Waals surface area (Å²) in [6.07, 6.45) is 29.9. The van der Waals surface area contributed by atoms with E-state index in [4.69, 9.17) is 4.74 Å². The maximum Gasteiger partial charge on any atom is 0.0909 e. The van der Waals surface area contributed by atoms with Crippen LogP contribution in [0.15, 0.2) is 55.2 Å². The minimum Gasteiger partial charge on any atom is -0.374 e. The number of aromatic amines is 1. The number of hydrogen-bond acceptors (Lipinski definition) is 1. The summed E-state index contributed by atoms with van der Waals surface area (Å²) in [5.41, 5.74) is 4.36. The minimum absolute atomic E-state index is 0.0264. The molecule has 35 heavy (non-hydrogen) atoms. The molecule has 0 saturated heterocycles. The summed E-state index contributed by atoms with van der Waals surface area (Å²) in [5.74, 6) is 0. The third-order valence-electron chi connectivity index (χ3n) is 7.03. The zero-order valence-corrected chi connectivity index (χ0v) is 23.9. The van der Waals surface area contributed by atoms with Crippen molar-refractivity contribution in [3.63, 3.8) is 0 Å². The molecule has 0 bridgehead atoms. The molecule has 196 valence electrons. The van der Waals surface area contributed by atoms with Crippen molar-refractivity contribution in [1.82, 2.24) is 4.98 Å². The number of allylic oxidation sites excluding steroid dienone is 7. The fourth-order valence-electron chi connectivity index (χ4n) is 4.69. The first-order valence-corrected chi connectivity index (χ1v) is 13.8. The maximum atomic E-state index is 6.19. The molecule has 1 heterocycles. The Morgan fingerprint density at radius 3 is 2.17 bits per heavy atom. The van der Waals surface area contributed by atoms with Gasteiger partial charge < -0.3 is 9.72 Å². The highest BCUT2D eigenvalue weighted by atomic mass is 16.5. The van der Waals surface area contributed by atoms with Gasteiger partial charge in [0.25, 0.3) is 0 Å². The smallest absolute Gasteiger partial charge is 0.0909 e. The van der Waals surface area contributed by atoms with Crippen LogP contribution >= 0.6 is 0 Å². The average Bonchev–Trinajstić information content (AvgIpc) is 3.18. The number of aryl methyl sites for hydroxylation is 1. The van der Waals surface area contributed by atoms with Gasteiger partial charge in [-0.3, -0.25) is 0 Å². The normalized spacial score (nSPS) is 15.0. The van der Waals surface area contributed by atoms with Crippen LogP contribution < -0.4 is 0 Å². The van der Waals surface area contributed by atoms with Crippen LogP contribution in [0.1, 0.15) is 116 Å². The van der Waals surface area contributed by atoms with Crippen LogP contribution in [0, 0.1) is 12.3 Å². The molecular weight excluding hydrogens is 426 g/mol. The molecule has 0 aliphatic rings.